The molecule has 28 valence electrons. The van der Waals surface area contributed by atoms with Crippen molar-refractivity contribution < 1.29 is 0 Å². The molecule has 0 N–H and O–H groups in total. The van der Waals surface area contributed by atoms with Gasteiger partial charge in [-0.1, -0.05) is 0 Å². The Balaban J connectivity index is 0. The average Bonchev–Trinajstić information content (AvgIpc) is 1.41. The second-order valence-electron chi connectivity index (χ2n) is 1.35. The summed E-state index contributed by atoms with van der Waals surface area (Å²) >= 11 is 1.40. The minimum atomic E-state index is 0. The van der Waals surface area contributed by atoms with Crippen LogP contribution in [0.5, 0.6) is 0 Å². The molecule has 0 rings (SSSR count). The zero-order chi connectivity index (χ0) is 4.12. The fourth-order valence-electron chi connectivity index (χ4n) is 0.354. The van der Waals surface area contributed by atoms with E-state index in [0.29, 0.717) is 0 Å². The van der Waals surface area contributed by atoms with Crippen LogP contribution < -0.4 is 0 Å². The molecule has 6 heavy (non-hydrogen) atoms. The van der Waals surface area contributed by atoms with Gasteiger partial charge in [0.25, 0.3) is 0 Å². The van der Waals surface area contributed by atoms with Crippen LogP contribution in [0.3, 0.4) is 0 Å². The number of hydrogen-bond acceptors (Lipinski definition) is 0. The number of hydrogen-bond donors (Lipinski definition) is 0. The van der Waals surface area contributed by atoms with E-state index in [1.54, 1.807) is 0 Å². The zero-order valence-electron chi connectivity index (χ0n) is 4.12. The van der Waals surface area contributed by atoms with Crippen LogP contribution in [-0.2, 0) is 0 Å². The van der Waals surface area contributed by atoms with Gasteiger partial charge in [0.15, 0.2) is 0 Å². The Labute approximate surface area is 69.7 Å². The van der Waals surface area contributed by atoms with Crippen molar-refractivity contribution in [2.45, 2.75) is 23.4 Å². The van der Waals surface area contributed by atoms with E-state index in [1.165, 1.54) is 44.4 Å². The van der Waals surface area contributed by atoms with Crippen LogP contribution in [0.4, 0.5) is 0 Å². The summed E-state index contributed by atoms with van der Waals surface area (Å²) in [5.74, 6) is 0. The molecule has 0 radical (unpaired) electrons. The molecule has 0 aromatic rings. The molecular formula is C4H10LiNa. The topological polar surface area (TPSA) is 0 Å². The fourth-order valence-corrected chi connectivity index (χ4v) is 1.06. The summed E-state index contributed by atoms with van der Waals surface area (Å²) in [6.07, 6.45) is 2.83. The SMILES string of the molecule is CCC[CH2][Na].[LiH]. The molecule has 0 aliphatic carbocycles. The molecule has 0 aromatic carbocycles. The maximum atomic E-state index is 2.23. The molecule has 0 bridgehead atoms. The average molecular weight is 88.1 g/mol. The first kappa shape index (κ1) is 10.6. The molecule has 0 heterocycles. The van der Waals surface area contributed by atoms with Crippen molar-refractivity contribution in [3.8, 4) is 0 Å². The maximum absolute atomic E-state index is 2.23. The Morgan fingerprint density at radius 3 is 2.00 bits per heavy atom. The molecule has 0 aliphatic rings. The van der Waals surface area contributed by atoms with Gasteiger partial charge in [0, 0.05) is 0 Å². The van der Waals surface area contributed by atoms with Crippen molar-refractivity contribution in [2.24, 2.45) is 0 Å². The second kappa shape index (κ2) is 9.78. The third-order valence-electron chi connectivity index (χ3n) is 0.707. The quantitative estimate of drug-likeness (QED) is 0.436. The van der Waals surface area contributed by atoms with Crippen LogP contribution in [0, 0.1) is 0 Å². The van der Waals surface area contributed by atoms with Crippen molar-refractivity contribution in [1.82, 2.24) is 0 Å². The molecule has 0 aromatic heterocycles. The van der Waals surface area contributed by atoms with Crippen molar-refractivity contribution in [1.29, 1.82) is 0 Å². The van der Waals surface area contributed by atoms with Gasteiger partial charge in [0.05, 0.1) is 0 Å². The van der Waals surface area contributed by atoms with Gasteiger partial charge in [-0.2, -0.15) is 0 Å². The van der Waals surface area contributed by atoms with E-state index in [-0.39, 0.29) is 18.9 Å². The molecule has 0 amide bonds. The van der Waals surface area contributed by atoms with Gasteiger partial charge in [0.2, 0.25) is 0 Å². The molecule has 2 heteroatoms. The zero-order valence-corrected chi connectivity index (χ0v) is 6.12. The van der Waals surface area contributed by atoms with E-state index >= 15 is 0 Å². The summed E-state index contributed by atoms with van der Waals surface area (Å²) in [6.45, 7) is 2.23. The van der Waals surface area contributed by atoms with Crippen LogP contribution in [0.1, 0.15) is 19.8 Å². The van der Waals surface area contributed by atoms with Crippen molar-refractivity contribution >= 4 is 46.8 Å². The van der Waals surface area contributed by atoms with Crippen LogP contribution in [0.15, 0.2) is 0 Å². The predicted octanol–water partition coefficient (Wildman–Crippen LogP) is 0.725. The Morgan fingerprint density at radius 1 is 1.50 bits per heavy atom. The summed E-state index contributed by atoms with van der Waals surface area (Å²) in [6, 6.07) is 0. The number of rotatable bonds is 2. The van der Waals surface area contributed by atoms with Crippen molar-refractivity contribution in [2.75, 3.05) is 0 Å². The van der Waals surface area contributed by atoms with Crippen LogP contribution in [-0.4, -0.2) is 46.8 Å². The van der Waals surface area contributed by atoms with Gasteiger partial charge in [0.1, 0.15) is 0 Å². The Kier molecular flexibility index (Phi) is 17.2. The molecule has 0 atom stereocenters. The van der Waals surface area contributed by atoms with E-state index in [1.807, 2.05) is 0 Å². The first-order valence-corrected chi connectivity index (χ1v) is 3.83. The molecule has 0 unspecified atom stereocenters. The standard InChI is InChI=1S/C4H9.Li.Na.H/c1-3-4-2;;;/h1,3-4H2,2H3;;;. The van der Waals surface area contributed by atoms with Gasteiger partial charge >= 0.3 is 70.2 Å². The molecule has 0 nitrogen and oxygen atoms in total. The first-order valence-electron chi connectivity index (χ1n) is 2.41. The third kappa shape index (κ3) is 9.14. The summed E-state index contributed by atoms with van der Waals surface area (Å²) in [4.78, 5) is 0. The van der Waals surface area contributed by atoms with E-state index in [4.69, 9.17) is 0 Å². The Hall–Kier alpha value is 1.60. The molecule has 0 fully saturated rings. The van der Waals surface area contributed by atoms with Gasteiger partial charge in [-0.05, 0) is 0 Å². The first-order chi connectivity index (χ1) is 2.41. The normalized spacial score (nSPS) is 7.17. The fraction of sp³-hybridized carbons (Fsp3) is 1.00. The van der Waals surface area contributed by atoms with Crippen molar-refractivity contribution in [3.63, 3.8) is 0 Å². The van der Waals surface area contributed by atoms with E-state index in [9.17, 15) is 0 Å². The molecule has 0 spiro atoms. The second-order valence-corrected chi connectivity index (χ2v) is 2.35. The van der Waals surface area contributed by atoms with E-state index in [2.05, 4.69) is 6.92 Å². The monoisotopic (exact) mass is 88.1 g/mol. The van der Waals surface area contributed by atoms with Crippen LogP contribution in [0.25, 0.3) is 0 Å². The molecule has 0 saturated heterocycles. The summed E-state index contributed by atoms with van der Waals surface area (Å²) in [5, 5.41) is 0. The minimum absolute atomic E-state index is 0. The molecule has 0 aliphatic heterocycles. The third-order valence-corrected chi connectivity index (χ3v) is 1.41. The van der Waals surface area contributed by atoms with Gasteiger partial charge < -0.3 is 0 Å². The summed E-state index contributed by atoms with van der Waals surface area (Å²) in [7, 11) is 0. The molecular weight excluding hydrogens is 78.0 g/mol. The van der Waals surface area contributed by atoms with Gasteiger partial charge in [-0.25, -0.2) is 0 Å². The van der Waals surface area contributed by atoms with E-state index in [0.717, 1.165) is 0 Å². The van der Waals surface area contributed by atoms with E-state index < -0.39 is 0 Å². The number of unbranched alkanes of at least 4 members (excludes halogenated alkanes) is 1. The van der Waals surface area contributed by atoms with Crippen molar-refractivity contribution in [3.05, 3.63) is 0 Å². The molecule has 0 saturated carbocycles. The Morgan fingerprint density at radius 2 is 2.00 bits per heavy atom. The van der Waals surface area contributed by atoms with Crippen LogP contribution in [0.2, 0.25) is 3.67 Å². The Bertz CT molecular complexity index is 15.0. The van der Waals surface area contributed by atoms with Crippen LogP contribution >= 0.6 is 0 Å². The summed E-state index contributed by atoms with van der Waals surface area (Å²) < 4.78 is 1.48. The van der Waals surface area contributed by atoms with Gasteiger partial charge in [-0.15, -0.1) is 0 Å². The summed E-state index contributed by atoms with van der Waals surface area (Å²) in [5.41, 5.74) is 0. The van der Waals surface area contributed by atoms with Gasteiger partial charge in [-0.3, -0.25) is 0 Å². The predicted molar refractivity (Wildman–Crippen MR) is 32.6 cm³/mol.